The lowest BCUT2D eigenvalue weighted by Gasteiger charge is -2.33. The summed E-state index contributed by atoms with van der Waals surface area (Å²) in [5.41, 5.74) is 3.03. The highest BCUT2D eigenvalue weighted by molar-refractivity contribution is 7.92. The molecular weight excluding hydrogens is 522 g/mol. The van der Waals surface area contributed by atoms with Crippen LogP contribution >= 0.6 is 0 Å². The molecule has 0 radical (unpaired) electrons. The molecule has 2 amide bonds. The molecule has 0 bridgehead atoms. The number of benzene rings is 4. The smallest absolute Gasteiger partial charge is 0.264 e. The van der Waals surface area contributed by atoms with Crippen LogP contribution in [-0.4, -0.2) is 44.8 Å². The van der Waals surface area contributed by atoms with E-state index in [1.165, 1.54) is 24.1 Å². The molecule has 0 aromatic heterocycles. The normalized spacial score (nSPS) is 11.8. The van der Waals surface area contributed by atoms with Crippen molar-refractivity contribution in [1.29, 1.82) is 0 Å². The van der Waals surface area contributed by atoms with Crippen LogP contribution in [0.4, 0.5) is 5.69 Å². The van der Waals surface area contributed by atoms with Gasteiger partial charge in [0.05, 0.1) is 10.6 Å². The van der Waals surface area contributed by atoms with E-state index < -0.39 is 28.5 Å². The highest BCUT2D eigenvalue weighted by Crippen LogP contribution is 2.25. The van der Waals surface area contributed by atoms with Crippen LogP contribution < -0.4 is 9.62 Å². The minimum absolute atomic E-state index is 0.0742. The number of sulfonamides is 1. The Morgan fingerprint density at radius 2 is 1.27 bits per heavy atom. The van der Waals surface area contributed by atoms with Gasteiger partial charge in [-0.3, -0.25) is 13.9 Å². The molecule has 7 nitrogen and oxygen atoms in total. The molecule has 0 unspecified atom stereocenters. The Kier molecular flexibility index (Phi) is 9.35. The minimum Gasteiger partial charge on any atom is -0.357 e. The predicted octanol–water partition coefficient (Wildman–Crippen LogP) is 4.58. The van der Waals surface area contributed by atoms with E-state index in [0.29, 0.717) is 5.69 Å². The van der Waals surface area contributed by atoms with Crippen molar-refractivity contribution in [2.75, 3.05) is 17.9 Å². The third-order valence-electron chi connectivity index (χ3n) is 6.65. The second-order valence-electron chi connectivity index (χ2n) is 9.49. The van der Waals surface area contributed by atoms with E-state index in [2.05, 4.69) is 5.32 Å². The van der Waals surface area contributed by atoms with Crippen LogP contribution in [0.25, 0.3) is 0 Å². The van der Waals surface area contributed by atoms with Gasteiger partial charge in [-0.25, -0.2) is 8.42 Å². The number of rotatable bonds is 11. The summed E-state index contributed by atoms with van der Waals surface area (Å²) in [5.74, 6) is -0.825. The lowest BCUT2D eigenvalue weighted by atomic mass is 10.0. The van der Waals surface area contributed by atoms with Crippen molar-refractivity contribution in [3.8, 4) is 0 Å². The zero-order valence-corrected chi connectivity index (χ0v) is 23.4. The summed E-state index contributed by atoms with van der Waals surface area (Å²) in [4.78, 5) is 28.9. The first-order valence-corrected chi connectivity index (χ1v) is 14.5. The molecule has 40 heavy (non-hydrogen) atoms. The molecule has 1 atom stereocenters. The number of likely N-dealkylation sites (N-methyl/N-ethyl adjacent to an activating group) is 1. The van der Waals surface area contributed by atoms with Crippen LogP contribution in [0.2, 0.25) is 0 Å². The Balaban J connectivity index is 1.76. The summed E-state index contributed by atoms with van der Waals surface area (Å²) in [6.45, 7) is 1.57. The standard InChI is InChI=1S/C32H33N3O4S/c1-25-18-20-28(21-19-25)35(40(38,39)29-16-10-5-11-17-29)24-31(36)34(23-27-14-8-4-9-15-27)30(32(37)33-2)22-26-12-6-3-7-13-26/h3-21,30H,22-24H2,1-2H3,(H,33,37)/t30-/m0/s1. The highest BCUT2D eigenvalue weighted by Gasteiger charge is 2.34. The third-order valence-corrected chi connectivity index (χ3v) is 8.43. The van der Waals surface area contributed by atoms with Crippen LogP contribution in [0.15, 0.2) is 120 Å². The summed E-state index contributed by atoms with van der Waals surface area (Å²) in [5, 5.41) is 2.69. The fourth-order valence-corrected chi connectivity index (χ4v) is 5.90. The SMILES string of the molecule is CNC(=O)[C@H](Cc1ccccc1)N(Cc1ccccc1)C(=O)CN(c1ccc(C)cc1)S(=O)(=O)c1ccccc1. The van der Waals surface area contributed by atoms with Gasteiger partial charge in [0.15, 0.2) is 0 Å². The van der Waals surface area contributed by atoms with Gasteiger partial charge in [0.2, 0.25) is 11.8 Å². The number of amides is 2. The number of nitrogens with one attached hydrogen (secondary N) is 1. The molecule has 4 aromatic carbocycles. The number of nitrogens with zero attached hydrogens (tertiary/aromatic N) is 2. The Hall–Kier alpha value is -4.43. The van der Waals surface area contributed by atoms with E-state index in [1.807, 2.05) is 67.6 Å². The first kappa shape index (κ1) is 28.6. The average molecular weight is 556 g/mol. The number of carbonyl (C=O) groups is 2. The molecule has 0 aliphatic carbocycles. The van der Waals surface area contributed by atoms with Crippen molar-refractivity contribution in [2.45, 2.75) is 30.8 Å². The number of carbonyl (C=O) groups excluding carboxylic acids is 2. The fourth-order valence-electron chi connectivity index (χ4n) is 4.46. The van der Waals surface area contributed by atoms with Gasteiger partial charge >= 0.3 is 0 Å². The molecule has 0 saturated carbocycles. The van der Waals surface area contributed by atoms with Crippen molar-refractivity contribution in [3.05, 3.63) is 132 Å². The van der Waals surface area contributed by atoms with E-state index in [0.717, 1.165) is 21.0 Å². The zero-order chi connectivity index (χ0) is 28.5. The van der Waals surface area contributed by atoms with Crippen molar-refractivity contribution < 1.29 is 18.0 Å². The van der Waals surface area contributed by atoms with Gasteiger partial charge < -0.3 is 10.2 Å². The molecule has 0 aliphatic heterocycles. The van der Waals surface area contributed by atoms with Crippen LogP contribution in [0.3, 0.4) is 0 Å². The molecular formula is C32H33N3O4S. The number of anilines is 1. The predicted molar refractivity (Wildman–Crippen MR) is 157 cm³/mol. The minimum atomic E-state index is -4.09. The first-order chi connectivity index (χ1) is 19.3. The highest BCUT2D eigenvalue weighted by atomic mass is 32.2. The maximum absolute atomic E-state index is 14.2. The molecule has 8 heteroatoms. The van der Waals surface area contributed by atoms with Crippen LogP contribution in [0.5, 0.6) is 0 Å². The second kappa shape index (κ2) is 13.1. The van der Waals surface area contributed by atoms with Gasteiger partial charge in [-0.05, 0) is 42.3 Å². The maximum atomic E-state index is 14.2. The number of aryl methyl sites for hydroxylation is 1. The zero-order valence-electron chi connectivity index (χ0n) is 22.6. The van der Waals surface area contributed by atoms with Gasteiger partial charge in [-0.15, -0.1) is 0 Å². The number of hydrogen-bond acceptors (Lipinski definition) is 4. The second-order valence-corrected chi connectivity index (χ2v) is 11.3. The van der Waals surface area contributed by atoms with E-state index >= 15 is 0 Å². The summed E-state index contributed by atoms with van der Waals surface area (Å²) < 4.78 is 28.8. The quantitative estimate of drug-likeness (QED) is 0.294. The van der Waals surface area contributed by atoms with Crippen molar-refractivity contribution in [1.82, 2.24) is 10.2 Å². The molecule has 0 heterocycles. The van der Waals surface area contributed by atoms with E-state index in [-0.39, 0.29) is 23.8 Å². The summed E-state index contributed by atoms with van der Waals surface area (Å²) in [7, 11) is -2.56. The summed E-state index contributed by atoms with van der Waals surface area (Å²) in [6.07, 6.45) is 0.273. The third kappa shape index (κ3) is 6.95. The fraction of sp³-hybridized carbons (Fsp3) is 0.188. The summed E-state index contributed by atoms with van der Waals surface area (Å²) >= 11 is 0. The molecule has 0 fully saturated rings. The molecule has 4 aromatic rings. The van der Waals surface area contributed by atoms with Gasteiger partial charge in [-0.1, -0.05) is 96.6 Å². The van der Waals surface area contributed by atoms with Gasteiger partial charge in [0.1, 0.15) is 12.6 Å². The first-order valence-electron chi connectivity index (χ1n) is 13.0. The van der Waals surface area contributed by atoms with E-state index in [4.69, 9.17) is 0 Å². The molecule has 0 saturated heterocycles. The molecule has 206 valence electrons. The van der Waals surface area contributed by atoms with Crippen LogP contribution in [0.1, 0.15) is 16.7 Å². The average Bonchev–Trinajstić information content (AvgIpc) is 2.99. The van der Waals surface area contributed by atoms with Crippen molar-refractivity contribution >= 4 is 27.5 Å². The summed E-state index contributed by atoms with van der Waals surface area (Å²) in [6, 6.07) is 33.0. The maximum Gasteiger partial charge on any atom is 0.264 e. The van der Waals surface area contributed by atoms with E-state index in [1.54, 1.807) is 42.5 Å². The Bertz CT molecular complexity index is 1510. The lowest BCUT2D eigenvalue weighted by Crippen LogP contribution is -2.53. The van der Waals surface area contributed by atoms with Crippen LogP contribution in [0, 0.1) is 6.92 Å². The Morgan fingerprint density at radius 3 is 1.82 bits per heavy atom. The largest absolute Gasteiger partial charge is 0.357 e. The molecule has 4 rings (SSSR count). The van der Waals surface area contributed by atoms with E-state index in [9.17, 15) is 18.0 Å². The Labute approximate surface area is 236 Å². The lowest BCUT2D eigenvalue weighted by molar-refractivity contribution is -0.139. The van der Waals surface area contributed by atoms with Gasteiger partial charge in [0.25, 0.3) is 10.0 Å². The number of hydrogen-bond donors (Lipinski definition) is 1. The Morgan fingerprint density at radius 1 is 0.750 bits per heavy atom. The topological polar surface area (TPSA) is 86.8 Å². The monoisotopic (exact) mass is 555 g/mol. The molecule has 0 spiro atoms. The molecule has 0 aliphatic rings. The van der Waals surface area contributed by atoms with Crippen molar-refractivity contribution in [3.63, 3.8) is 0 Å². The molecule has 1 N–H and O–H groups in total. The van der Waals surface area contributed by atoms with Gasteiger partial charge in [0, 0.05) is 20.0 Å². The van der Waals surface area contributed by atoms with Crippen LogP contribution in [-0.2, 0) is 32.6 Å². The van der Waals surface area contributed by atoms with Gasteiger partial charge in [-0.2, -0.15) is 0 Å². The van der Waals surface area contributed by atoms with Crippen molar-refractivity contribution in [2.24, 2.45) is 0 Å².